The van der Waals surface area contributed by atoms with Crippen LogP contribution in [-0.2, 0) is 11.3 Å². The minimum atomic E-state index is -0.167. The summed E-state index contributed by atoms with van der Waals surface area (Å²) in [7, 11) is 0. The maximum absolute atomic E-state index is 11.4. The summed E-state index contributed by atoms with van der Waals surface area (Å²) in [5, 5.41) is 5.53. The fourth-order valence-electron chi connectivity index (χ4n) is 1.29. The zero-order chi connectivity index (χ0) is 13.4. The molecule has 0 atom stereocenters. The first-order chi connectivity index (χ1) is 8.58. The van der Waals surface area contributed by atoms with E-state index in [0.29, 0.717) is 26.3 Å². The highest BCUT2D eigenvalue weighted by Crippen LogP contribution is 2.14. The van der Waals surface area contributed by atoms with Crippen molar-refractivity contribution in [3.05, 3.63) is 34.0 Å². The van der Waals surface area contributed by atoms with E-state index in [0.717, 1.165) is 10.5 Å². The lowest BCUT2D eigenvalue weighted by Gasteiger charge is -2.07. The van der Waals surface area contributed by atoms with Gasteiger partial charge in [0.2, 0.25) is 0 Å². The molecule has 1 aromatic heterocycles. The van der Waals surface area contributed by atoms with Gasteiger partial charge in [0, 0.05) is 16.3 Å². The van der Waals surface area contributed by atoms with E-state index in [1.807, 2.05) is 26.0 Å². The molecule has 1 rings (SSSR count). The maximum Gasteiger partial charge on any atom is 0.315 e. The summed E-state index contributed by atoms with van der Waals surface area (Å²) < 4.78 is 5.27. The first-order valence-electron chi connectivity index (χ1n) is 5.87. The fourth-order valence-corrected chi connectivity index (χ4v) is 2.12. The smallest absolute Gasteiger partial charge is 0.315 e. The molecule has 5 heteroatoms. The molecule has 0 bridgehead atoms. The maximum atomic E-state index is 11.4. The highest BCUT2D eigenvalue weighted by molar-refractivity contribution is 7.11. The molecule has 0 aliphatic rings. The van der Waals surface area contributed by atoms with Crippen LogP contribution in [0.3, 0.4) is 0 Å². The van der Waals surface area contributed by atoms with E-state index < -0.39 is 0 Å². The van der Waals surface area contributed by atoms with Gasteiger partial charge < -0.3 is 15.4 Å². The van der Waals surface area contributed by atoms with E-state index in [-0.39, 0.29) is 6.03 Å². The predicted molar refractivity (Wildman–Crippen MR) is 74.9 cm³/mol. The van der Waals surface area contributed by atoms with Crippen LogP contribution in [0.1, 0.15) is 16.7 Å². The molecule has 2 amide bonds. The van der Waals surface area contributed by atoms with Gasteiger partial charge in [-0.25, -0.2) is 4.79 Å². The van der Waals surface area contributed by atoms with Gasteiger partial charge >= 0.3 is 6.03 Å². The minimum Gasteiger partial charge on any atom is -0.375 e. The van der Waals surface area contributed by atoms with Crippen LogP contribution < -0.4 is 10.6 Å². The quantitative estimate of drug-likeness (QED) is 0.589. The number of thiophene rings is 1. The summed E-state index contributed by atoms with van der Waals surface area (Å²) in [5.41, 5.74) is 0.979. The van der Waals surface area contributed by atoms with Crippen molar-refractivity contribution in [3.8, 4) is 0 Å². The van der Waals surface area contributed by atoms with Gasteiger partial charge in [-0.15, -0.1) is 11.3 Å². The van der Waals surface area contributed by atoms with Crippen LogP contribution in [-0.4, -0.2) is 25.8 Å². The van der Waals surface area contributed by atoms with Crippen LogP contribution in [0.25, 0.3) is 0 Å². The summed E-state index contributed by atoms with van der Waals surface area (Å²) in [6.45, 7) is 9.79. The number of rotatable bonds is 7. The van der Waals surface area contributed by atoms with Gasteiger partial charge in [0.25, 0.3) is 0 Å². The third-order valence-electron chi connectivity index (χ3n) is 2.10. The molecule has 2 N–H and O–H groups in total. The number of hydrogen-bond donors (Lipinski definition) is 2. The van der Waals surface area contributed by atoms with Crippen molar-refractivity contribution in [2.45, 2.75) is 20.4 Å². The first-order valence-corrected chi connectivity index (χ1v) is 6.68. The highest BCUT2D eigenvalue weighted by Gasteiger charge is 2.01. The Morgan fingerprint density at radius 2 is 2.22 bits per heavy atom. The average molecular weight is 268 g/mol. The fraction of sp³-hybridized carbons (Fsp3) is 0.462. The average Bonchev–Trinajstić information content (AvgIpc) is 2.71. The molecule has 18 heavy (non-hydrogen) atoms. The SMILES string of the molecule is C=C(C)COCCNC(=O)NCc1ccc(C)s1. The largest absolute Gasteiger partial charge is 0.375 e. The Labute approximate surface area is 112 Å². The van der Waals surface area contributed by atoms with Crippen molar-refractivity contribution in [1.82, 2.24) is 10.6 Å². The van der Waals surface area contributed by atoms with Crippen LogP contribution in [0.5, 0.6) is 0 Å². The Hall–Kier alpha value is -1.33. The van der Waals surface area contributed by atoms with Crippen LogP contribution in [0.2, 0.25) is 0 Å². The van der Waals surface area contributed by atoms with Crippen molar-refractivity contribution >= 4 is 17.4 Å². The molecule has 0 saturated heterocycles. The molecule has 0 aliphatic heterocycles. The zero-order valence-electron chi connectivity index (χ0n) is 10.9. The Morgan fingerprint density at radius 3 is 2.83 bits per heavy atom. The van der Waals surface area contributed by atoms with Crippen molar-refractivity contribution in [2.24, 2.45) is 0 Å². The second kappa shape index (κ2) is 7.89. The van der Waals surface area contributed by atoms with E-state index in [4.69, 9.17) is 4.74 Å². The molecule has 0 unspecified atom stereocenters. The van der Waals surface area contributed by atoms with E-state index >= 15 is 0 Å². The standard InChI is InChI=1S/C13H20N2O2S/c1-10(2)9-17-7-6-14-13(16)15-8-12-5-4-11(3)18-12/h4-5H,1,6-9H2,2-3H3,(H2,14,15,16). The molecule has 0 aliphatic carbocycles. The number of nitrogens with one attached hydrogen (secondary N) is 2. The third kappa shape index (κ3) is 6.42. The van der Waals surface area contributed by atoms with Gasteiger partial charge in [-0.2, -0.15) is 0 Å². The summed E-state index contributed by atoms with van der Waals surface area (Å²) >= 11 is 1.69. The molecule has 100 valence electrons. The number of carbonyl (C=O) groups is 1. The van der Waals surface area contributed by atoms with Gasteiger partial charge in [0.05, 0.1) is 19.8 Å². The third-order valence-corrected chi connectivity index (χ3v) is 3.10. The summed E-state index contributed by atoms with van der Waals surface area (Å²) in [6.07, 6.45) is 0. The molecule has 0 fully saturated rings. The van der Waals surface area contributed by atoms with E-state index in [9.17, 15) is 4.79 Å². The van der Waals surface area contributed by atoms with E-state index in [1.165, 1.54) is 4.88 Å². The molecule has 1 heterocycles. The number of hydrogen-bond acceptors (Lipinski definition) is 3. The Morgan fingerprint density at radius 1 is 1.44 bits per heavy atom. The zero-order valence-corrected chi connectivity index (χ0v) is 11.7. The number of carbonyl (C=O) groups excluding carboxylic acids is 1. The Balaban J connectivity index is 2.05. The van der Waals surface area contributed by atoms with E-state index in [2.05, 4.69) is 17.2 Å². The van der Waals surface area contributed by atoms with Crippen molar-refractivity contribution < 1.29 is 9.53 Å². The minimum absolute atomic E-state index is 0.167. The summed E-state index contributed by atoms with van der Waals surface area (Å²) in [5.74, 6) is 0. The number of ether oxygens (including phenoxy) is 1. The monoisotopic (exact) mass is 268 g/mol. The molecule has 1 aromatic rings. The second-order valence-corrected chi connectivity index (χ2v) is 5.50. The molecule has 0 saturated carbocycles. The Bertz CT molecular complexity index is 401. The van der Waals surface area contributed by atoms with Crippen molar-refractivity contribution in [3.63, 3.8) is 0 Å². The van der Waals surface area contributed by atoms with Crippen LogP contribution in [0, 0.1) is 6.92 Å². The van der Waals surface area contributed by atoms with Gasteiger partial charge in [0.1, 0.15) is 0 Å². The normalized spacial score (nSPS) is 10.1. The molecule has 0 radical (unpaired) electrons. The second-order valence-electron chi connectivity index (χ2n) is 4.13. The number of aryl methyl sites for hydroxylation is 1. The molecular formula is C13H20N2O2S. The highest BCUT2D eigenvalue weighted by atomic mass is 32.1. The predicted octanol–water partition coefficient (Wildman–Crippen LogP) is 2.45. The molecule has 4 nitrogen and oxygen atoms in total. The lowest BCUT2D eigenvalue weighted by atomic mass is 10.4. The molecule has 0 aromatic carbocycles. The van der Waals surface area contributed by atoms with Crippen LogP contribution in [0.4, 0.5) is 4.79 Å². The van der Waals surface area contributed by atoms with E-state index in [1.54, 1.807) is 11.3 Å². The van der Waals surface area contributed by atoms with Crippen LogP contribution >= 0.6 is 11.3 Å². The van der Waals surface area contributed by atoms with Gasteiger partial charge in [-0.1, -0.05) is 12.2 Å². The van der Waals surface area contributed by atoms with Crippen LogP contribution in [0.15, 0.2) is 24.3 Å². The number of amides is 2. The lowest BCUT2D eigenvalue weighted by molar-refractivity contribution is 0.158. The summed E-state index contributed by atoms with van der Waals surface area (Å²) in [6, 6.07) is 3.90. The van der Waals surface area contributed by atoms with Gasteiger partial charge in [0.15, 0.2) is 0 Å². The van der Waals surface area contributed by atoms with Gasteiger partial charge in [-0.3, -0.25) is 0 Å². The Kier molecular flexibility index (Phi) is 6.46. The number of urea groups is 1. The van der Waals surface area contributed by atoms with Crippen molar-refractivity contribution in [1.29, 1.82) is 0 Å². The lowest BCUT2D eigenvalue weighted by Crippen LogP contribution is -2.36. The first kappa shape index (κ1) is 14.7. The van der Waals surface area contributed by atoms with Crippen molar-refractivity contribution in [2.75, 3.05) is 19.8 Å². The summed E-state index contributed by atoms with van der Waals surface area (Å²) in [4.78, 5) is 13.8. The molecular weight excluding hydrogens is 248 g/mol. The van der Waals surface area contributed by atoms with Gasteiger partial charge in [-0.05, 0) is 26.0 Å². The molecule has 0 spiro atoms. The topological polar surface area (TPSA) is 50.4 Å².